The molecule has 4 aromatic rings. The number of halogens is 1. The Bertz CT molecular complexity index is 2050. The van der Waals surface area contributed by atoms with Gasteiger partial charge in [0.05, 0.1) is 26.9 Å². The summed E-state index contributed by atoms with van der Waals surface area (Å²) in [6, 6.07) is 25.8. The van der Waals surface area contributed by atoms with Gasteiger partial charge in [-0.25, -0.2) is 13.9 Å². The van der Waals surface area contributed by atoms with Crippen molar-refractivity contribution in [1.82, 2.24) is 14.2 Å². The summed E-state index contributed by atoms with van der Waals surface area (Å²) in [4.78, 5) is 27.5. The summed E-state index contributed by atoms with van der Waals surface area (Å²) in [5.74, 6) is 5.10. The fraction of sp³-hybridized carbons (Fsp3) is 0.442. The van der Waals surface area contributed by atoms with Crippen LogP contribution in [0.25, 0.3) is 0 Å². The van der Waals surface area contributed by atoms with Crippen LogP contribution in [0.4, 0.5) is 4.39 Å². The minimum atomic E-state index is -1.98. The van der Waals surface area contributed by atoms with Crippen LogP contribution in [0.2, 0.25) is 0 Å². The molecule has 0 spiro atoms. The van der Waals surface area contributed by atoms with Gasteiger partial charge in [0.1, 0.15) is 42.0 Å². The van der Waals surface area contributed by atoms with Crippen molar-refractivity contribution in [3.05, 3.63) is 129 Å². The summed E-state index contributed by atoms with van der Waals surface area (Å²) >= 11 is 0. The number of nitrogens with one attached hydrogen (secondary N) is 1. The molecule has 0 amide bonds. The van der Waals surface area contributed by atoms with Gasteiger partial charge in [-0.3, -0.25) is 14.3 Å². The van der Waals surface area contributed by atoms with Crippen LogP contribution in [-0.2, 0) is 28.9 Å². The molecule has 16 heteroatoms. The molecule has 2 aliphatic rings. The zero-order valence-corrected chi connectivity index (χ0v) is 36.4. The van der Waals surface area contributed by atoms with Crippen molar-refractivity contribution in [2.75, 3.05) is 38.9 Å². The van der Waals surface area contributed by atoms with Crippen molar-refractivity contribution in [3.63, 3.8) is 0 Å². The lowest BCUT2D eigenvalue weighted by Gasteiger charge is -2.41. The van der Waals surface area contributed by atoms with Gasteiger partial charge < -0.3 is 32.7 Å². The van der Waals surface area contributed by atoms with E-state index in [0.29, 0.717) is 23.0 Å². The van der Waals surface area contributed by atoms with Crippen LogP contribution in [0.15, 0.2) is 101 Å². The van der Waals surface area contributed by atoms with E-state index in [1.165, 1.54) is 6.20 Å². The highest BCUT2D eigenvalue weighted by atomic mass is 33.1. The molecular weight excluding hydrogens is 817 g/mol. The first-order valence-corrected chi connectivity index (χ1v) is 22.9. The molecule has 2 saturated heterocycles. The zero-order chi connectivity index (χ0) is 42.1. The van der Waals surface area contributed by atoms with Crippen LogP contribution < -0.4 is 20.7 Å². The van der Waals surface area contributed by atoms with Gasteiger partial charge in [-0.15, -0.1) is 6.42 Å². The van der Waals surface area contributed by atoms with Crippen molar-refractivity contribution in [2.24, 2.45) is 0 Å². The summed E-state index contributed by atoms with van der Waals surface area (Å²) in [7, 11) is 4.55. The van der Waals surface area contributed by atoms with E-state index in [-0.39, 0.29) is 31.4 Å². The molecular formula is C43H51FN3O9PS2. The number of terminal acetylenes is 1. The van der Waals surface area contributed by atoms with Gasteiger partial charge in [-0.1, -0.05) is 82.1 Å². The second kappa shape index (κ2) is 20.7. The van der Waals surface area contributed by atoms with Gasteiger partial charge in [0, 0.05) is 35.9 Å². The Balaban J connectivity index is 1.44. The van der Waals surface area contributed by atoms with Crippen LogP contribution in [0, 0.1) is 12.3 Å². The Kier molecular flexibility index (Phi) is 15.8. The van der Waals surface area contributed by atoms with Crippen LogP contribution in [0.3, 0.4) is 0 Å². The van der Waals surface area contributed by atoms with Crippen LogP contribution in [0.1, 0.15) is 50.6 Å². The van der Waals surface area contributed by atoms with E-state index in [1.807, 2.05) is 107 Å². The molecule has 7 atom stereocenters. The lowest BCUT2D eigenvalue weighted by Crippen LogP contribution is -2.43. The third-order valence-electron chi connectivity index (χ3n) is 10.1. The minimum Gasteiger partial charge on any atom is -0.497 e. The maximum Gasteiger partial charge on any atom is 0.330 e. The van der Waals surface area contributed by atoms with Crippen LogP contribution in [0.5, 0.6) is 11.5 Å². The highest BCUT2D eigenvalue weighted by Crippen LogP contribution is 2.53. The van der Waals surface area contributed by atoms with Crippen molar-refractivity contribution < 1.29 is 37.1 Å². The number of ether oxygens (including phenoxy) is 5. The van der Waals surface area contributed by atoms with E-state index in [9.17, 15) is 9.59 Å². The molecule has 59 heavy (non-hydrogen) atoms. The van der Waals surface area contributed by atoms with Crippen molar-refractivity contribution >= 4 is 30.1 Å². The second-order valence-corrected chi connectivity index (χ2v) is 18.4. The Morgan fingerprint density at radius 3 is 2.00 bits per heavy atom. The molecule has 3 heterocycles. The van der Waals surface area contributed by atoms with E-state index in [1.54, 1.807) is 35.8 Å². The number of benzene rings is 3. The summed E-state index contributed by atoms with van der Waals surface area (Å²) in [6.45, 7) is 8.02. The van der Waals surface area contributed by atoms with E-state index >= 15 is 4.39 Å². The second-order valence-electron chi connectivity index (χ2n) is 14.5. The fourth-order valence-corrected chi connectivity index (χ4v) is 11.7. The smallest absolute Gasteiger partial charge is 0.330 e. The number of hydrogen-bond donors (Lipinski definition) is 1. The van der Waals surface area contributed by atoms with Crippen molar-refractivity contribution in [2.45, 2.75) is 82.2 Å². The summed E-state index contributed by atoms with van der Waals surface area (Å²) < 4.78 is 65.0. The van der Waals surface area contributed by atoms with Crippen LogP contribution in [-0.4, -0.2) is 95.8 Å². The number of nitrogens with zero attached hydrogens (tertiary/aromatic N) is 2. The molecule has 0 saturated carbocycles. The molecule has 3 aromatic carbocycles. The zero-order valence-electron chi connectivity index (χ0n) is 33.9. The molecule has 6 rings (SSSR count). The molecule has 1 aromatic heterocycles. The summed E-state index contributed by atoms with van der Waals surface area (Å²) in [5.41, 5.74) is -0.401. The van der Waals surface area contributed by atoms with E-state index in [4.69, 9.17) is 39.2 Å². The summed E-state index contributed by atoms with van der Waals surface area (Å²) in [5, 5.41) is 0. The van der Waals surface area contributed by atoms with Gasteiger partial charge in [0.25, 0.3) is 14.1 Å². The number of hydrogen-bond acceptors (Lipinski definition) is 12. The van der Waals surface area contributed by atoms with Gasteiger partial charge in [0.2, 0.25) is 0 Å². The van der Waals surface area contributed by atoms with Gasteiger partial charge in [0.15, 0.2) is 12.4 Å². The number of methoxy groups -OCH3 is 2. The number of aromatic amines is 1. The fourth-order valence-electron chi connectivity index (χ4n) is 7.27. The minimum absolute atomic E-state index is 0.0691. The van der Waals surface area contributed by atoms with E-state index in [0.717, 1.165) is 27.3 Å². The Morgan fingerprint density at radius 2 is 1.46 bits per heavy atom. The first-order chi connectivity index (χ1) is 28.5. The molecule has 2 aliphatic heterocycles. The monoisotopic (exact) mass is 867 g/mol. The molecule has 2 fully saturated rings. The number of alkyl halides is 1. The van der Waals surface area contributed by atoms with Crippen molar-refractivity contribution in [3.8, 4) is 23.8 Å². The predicted molar refractivity (Wildman–Crippen MR) is 231 cm³/mol. The molecule has 3 unspecified atom stereocenters. The maximum atomic E-state index is 17.4. The topological polar surface area (TPSA) is 123 Å². The average Bonchev–Trinajstić information content (AvgIpc) is 3.54. The number of H-pyrrole nitrogens is 1. The standard InChI is InChI=1S/C43H51FN3O9PS2/c1-8-24-52-36-26-58-59-27-37(36)55-57(47(28(2)3)29(4)5)56-40-35(54-41(39(40)44)46-23-22-38(48)45-42(46)49)25-53-43(30-12-10-9-11-13-30,31-14-18-33(50-6)19-15-31)32-16-20-34(51-7)21-17-32/h1,9-23,28-29,35-37,39-41H,24-27H2,2-7H3,(H,45,48,49)/t35-,36-,37?,39-,40?,41-,57?/m1/s1. The van der Waals surface area contributed by atoms with E-state index < -0.39 is 56.1 Å². The largest absolute Gasteiger partial charge is 0.497 e. The Morgan fingerprint density at radius 1 is 0.881 bits per heavy atom. The molecule has 316 valence electrons. The third kappa shape index (κ3) is 10.3. The van der Waals surface area contributed by atoms with Gasteiger partial charge in [-0.2, -0.15) is 0 Å². The number of rotatable bonds is 18. The molecule has 12 nitrogen and oxygen atoms in total. The first-order valence-electron chi connectivity index (χ1n) is 19.3. The Hall–Kier alpha value is -3.68. The highest BCUT2D eigenvalue weighted by Gasteiger charge is 2.52. The predicted octanol–water partition coefficient (Wildman–Crippen LogP) is 7.33. The molecule has 0 bridgehead atoms. The molecule has 0 aliphatic carbocycles. The molecule has 1 N–H and O–H groups in total. The molecule has 0 radical (unpaired) electrons. The quantitative estimate of drug-likeness (QED) is 0.0467. The third-order valence-corrected chi connectivity index (χ3v) is 14.6. The van der Waals surface area contributed by atoms with Crippen LogP contribution >= 0.6 is 30.1 Å². The van der Waals surface area contributed by atoms with Crippen molar-refractivity contribution in [1.29, 1.82) is 0 Å². The Labute approximate surface area is 353 Å². The lowest BCUT2D eigenvalue weighted by atomic mass is 9.80. The van der Waals surface area contributed by atoms with Gasteiger partial charge in [-0.05, 0) is 68.7 Å². The first kappa shape index (κ1) is 44.9. The normalized spacial score (nSPS) is 22.7. The highest BCUT2D eigenvalue weighted by molar-refractivity contribution is 8.76. The maximum absolute atomic E-state index is 17.4. The summed E-state index contributed by atoms with van der Waals surface area (Å²) in [6.07, 6.45) is 0.280. The van der Waals surface area contributed by atoms with Gasteiger partial charge >= 0.3 is 5.69 Å². The SMILES string of the molecule is C#CCO[C@@H]1CSSCC1OP(OC1[C@@H](F)[C@H](n2ccc(=O)[nH]c2=O)O[C@@H]1COC(c1ccccc1)(c1ccc(OC)cc1)c1ccc(OC)cc1)N(C(C)C)C(C)C. The number of aromatic nitrogens is 2. The average molecular weight is 868 g/mol. The lowest BCUT2D eigenvalue weighted by molar-refractivity contribution is -0.0942. The van der Waals surface area contributed by atoms with E-state index in [2.05, 4.69) is 15.6 Å².